The first-order chi connectivity index (χ1) is 6.70. The molecule has 0 aliphatic heterocycles. The highest BCUT2D eigenvalue weighted by atomic mass is 19.3. The third kappa shape index (κ3) is 4.18. The van der Waals surface area contributed by atoms with Crippen LogP contribution >= 0.6 is 0 Å². The number of rotatable bonds is 5. The van der Waals surface area contributed by atoms with Crippen LogP contribution in [0.25, 0.3) is 0 Å². The van der Waals surface area contributed by atoms with Crippen molar-refractivity contribution in [2.24, 2.45) is 0 Å². The van der Waals surface area contributed by atoms with Gasteiger partial charge in [-0.25, -0.2) is 8.78 Å². The highest BCUT2D eigenvalue weighted by Crippen LogP contribution is 2.19. The number of hydrogen-bond acceptors (Lipinski definition) is 1. The number of hydrogen-bond donors (Lipinski definition) is 1. The van der Waals surface area contributed by atoms with E-state index in [1.165, 1.54) is 31.8 Å². The number of allylic oxidation sites excluding steroid dienone is 1. The Morgan fingerprint density at radius 2 is 2.21 bits per heavy atom. The minimum Gasteiger partial charge on any atom is -0.309 e. The second-order valence-electron chi connectivity index (χ2n) is 3.94. The van der Waals surface area contributed by atoms with Gasteiger partial charge in [-0.1, -0.05) is 11.6 Å². The summed E-state index contributed by atoms with van der Waals surface area (Å²) >= 11 is 0. The van der Waals surface area contributed by atoms with Gasteiger partial charge in [0, 0.05) is 0 Å². The minimum absolute atomic E-state index is 0.678. The van der Waals surface area contributed by atoms with Gasteiger partial charge in [0.1, 0.15) is 0 Å². The number of nitrogens with one attached hydrogen (secondary N) is 1. The summed E-state index contributed by atoms with van der Waals surface area (Å²) in [5.74, 6) is 0. The lowest BCUT2D eigenvalue weighted by molar-refractivity contribution is 0.106. The molecule has 0 spiro atoms. The second-order valence-corrected chi connectivity index (χ2v) is 3.94. The van der Waals surface area contributed by atoms with Crippen LogP contribution in [0.4, 0.5) is 8.78 Å². The summed E-state index contributed by atoms with van der Waals surface area (Å²) in [5, 5.41) is 2.84. The van der Waals surface area contributed by atoms with Gasteiger partial charge < -0.3 is 5.32 Å². The average Bonchev–Trinajstić information content (AvgIpc) is 2.19. The Hall–Kier alpha value is -0.440. The van der Waals surface area contributed by atoms with E-state index in [0.717, 1.165) is 12.8 Å². The fourth-order valence-corrected chi connectivity index (χ4v) is 1.68. The zero-order chi connectivity index (χ0) is 10.4. The average molecular weight is 203 g/mol. The standard InChI is InChI=1S/C11H19F2N/c1-9(11(12)13)14-8-7-10-5-3-2-4-6-10/h5,9,11,14H,2-4,6-8H2,1H3. The van der Waals surface area contributed by atoms with Crippen molar-refractivity contribution in [1.29, 1.82) is 0 Å². The molecule has 0 saturated carbocycles. The molecule has 14 heavy (non-hydrogen) atoms. The quantitative estimate of drug-likeness (QED) is 0.677. The van der Waals surface area contributed by atoms with Crippen molar-refractivity contribution >= 4 is 0 Å². The van der Waals surface area contributed by atoms with Crippen LogP contribution in [0.15, 0.2) is 11.6 Å². The molecule has 1 atom stereocenters. The maximum atomic E-state index is 12.1. The zero-order valence-electron chi connectivity index (χ0n) is 8.73. The maximum absolute atomic E-state index is 12.1. The van der Waals surface area contributed by atoms with Crippen molar-refractivity contribution in [1.82, 2.24) is 5.32 Å². The minimum atomic E-state index is -2.25. The fraction of sp³-hybridized carbons (Fsp3) is 0.818. The van der Waals surface area contributed by atoms with E-state index in [1.807, 2.05) is 0 Å². The van der Waals surface area contributed by atoms with Crippen molar-refractivity contribution in [2.75, 3.05) is 6.54 Å². The van der Waals surface area contributed by atoms with Gasteiger partial charge in [-0.2, -0.15) is 0 Å². The topological polar surface area (TPSA) is 12.0 Å². The fourth-order valence-electron chi connectivity index (χ4n) is 1.68. The van der Waals surface area contributed by atoms with Crippen LogP contribution in [0.3, 0.4) is 0 Å². The van der Waals surface area contributed by atoms with Crippen LogP contribution < -0.4 is 5.32 Å². The molecule has 0 aromatic carbocycles. The summed E-state index contributed by atoms with van der Waals surface area (Å²) in [6, 6.07) is -0.681. The highest BCUT2D eigenvalue weighted by Gasteiger charge is 2.13. The molecule has 0 amide bonds. The van der Waals surface area contributed by atoms with Gasteiger partial charge in [0.05, 0.1) is 6.04 Å². The molecule has 0 heterocycles. The Morgan fingerprint density at radius 1 is 1.43 bits per heavy atom. The number of alkyl halides is 2. The Balaban J connectivity index is 2.11. The molecule has 1 N–H and O–H groups in total. The number of halogens is 2. The molecule has 1 rings (SSSR count). The van der Waals surface area contributed by atoms with Crippen molar-refractivity contribution in [3.8, 4) is 0 Å². The summed E-state index contributed by atoms with van der Waals surface area (Å²) in [7, 11) is 0. The predicted molar refractivity (Wildman–Crippen MR) is 54.6 cm³/mol. The molecule has 3 heteroatoms. The van der Waals surface area contributed by atoms with Crippen LogP contribution in [0.2, 0.25) is 0 Å². The van der Waals surface area contributed by atoms with Gasteiger partial charge in [-0.05, 0) is 45.6 Å². The molecule has 82 valence electrons. The lowest BCUT2D eigenvalue weighted by Gasteiger charge is -2.15. The van der Waals surface area contributed by atoms with E-state index >= 15 is 0 Å². The molecule has 1 nitrogen and oxygen atoms in total. The van der Waals surface area contributed by atoms with Crippen molar-refractivity contribution < 1.29 is 8.78 Å². The third-order valence-electron chi connectivity index (χ3n) is 2.68. The largest absolute Gasteiger partial charge is 0.309 e. The van der Waals surface area contributed by atoms with E-state index in [2.05, 4.69) is 11.4 Å². The molecule has 0 saturated heterocycles. The molecule has 1 aliphatic rings. The molecule has 1 aliphatic carbocycles. The summed E-state index contributed by atoms with van der Waals surface area (Å²) in [6.45, 7) is 2.21. The van der Waals surface area contributed by atoms with E-state index in [4.69, 9.17) is 0 Å². The Kier molecular flexibility index (Phi) is 5.09. The normalized spacial score (nSPS) is 19.6. The second kappa shape index (κ2) is 6.12. The molecule has 0 aromatic heterocycles. The monoisotopic (exact) mass is 203 g/mol. The van der Waals surface area contributed by atoms with Crippen molar-refractivity contribution in [3.63, 3.8) is 0 Å². The molecule has 0 fully saturated rings. The maximum Gasteiger partial charge on any atom is 0.253 e. The van der Waals surface area contributed by atoms with Crippen LogP contribution in [0.5, 0.6) is 0 Å². The zero-order valence-corrected chi connectivity index (χ0v) is 8.73. The Labute approximate surface area is 84.6 Å². The van der Waals surface area contributed by atoms with E-state index in [9.17, 15) is 8.78 Å². The molecule has 0 bridgehead atoms. The van der Waals surface area contributed by atoms with Gasteiger partial charge in [-0.15, -0.1) is 0 Å². The van der Waals surface area contributed by atoms with Crippen LogP contribution in [-0.2, 0) is 0 Å². The SMILES string of the molecule is CC(NCCC1=CCCCC1)C(F)F. The van der Waals surface area contributed by atoms with Gasteiger partial charge >= 0.3 is 0 Å². The van der Waals surface area contributed by atoms with Gasteiger partial charge in [0.2, 0.25) is 0 Å². The lowest BCUT2D eigenvalue weighted by Crippen LogP contribution is -2.33. The Morgan fingerprint density at radius 3 is 2.79 bits per heavy atom. The lowest BCUT2D eigenvalue weighted by atomic mass is 9.97. The van der Waals surface area contributed by atoms with Crippen LogP contribution in [-0.4, -0.2) is 19.0 Å². The summed E-state index contributed by atoms with van der Waals surface area (Å²) in [6.07, 6.45) is 5.80. The van der Waals surface area contributed by atoms with E-state index in [0.29, 0.717) is 6.54 Å². The summed E-state index contributed by atoms with van der Waals surface area (Å²) in [5.41, 5.74) is 1.44. The van der Waals surface area contributed by atoms with Crippen LogP contribution in [0, 0.1) is 0 Å². The first-order valence-corrected chi connectivity index (χ1v) is 5.39. The summed E-state index contributed by atoms with van der Waals surface area (Å²) in [4.78, 5) is 0. The van der Waals surface area contributed by atoms with E-state index in [1.54, 1.807) is 0 Å². The smallest absolute Gasteiger partial charge is 0.253 e. The molecule has 0 aromatic rings. The third-order valence-corrected chi connectivity index (χ3v) is 2.68. The van der Waals surface area contributed by atoms with Gasteiger partial charge in [0.15, 0.2) is 0 Å². The molecule has 0 radical (unpaired) electrons. The molecular formula is C11H19F2N. The van der Waals surface area contributed by atoms with Gasteiger partial charge in [-0.3, -0.25) is 0 Å². The first-order valence-electron chi connectivity index (χ1n) is 5.39. The van der Waals surface area contributed by atoms with Crippen molar-refractivity contribution in [3.05, 3.63) is 11.6 Å². The first kappa shape index (κ1) is 11.6. The predicted octanol–water partition coefficient (Wildman–Crippen LogP) is 3.12. The van der Waals surface area contributed by atoms with E-state index in [-0.39, 0.29) is 0 Å². The van der Waals surface area contributed by atoms with Crippen LogP contribution in [0.1, 0.15) is 39.0 Å². The molecule has 1 unspecified atom stereocenters. The van der Waals surface area contributed by atoms with E-state index < -0.39 is 12.5 Å². The molecular weight excluding hydrogens is 184 g/mol. The highest BCUT2D eigenvalue weighted by molar-refractivity contribution is 5.05. The van der Waals surface area contributed by atoms with Gasteiger partial charge in [0.25, 0.3) is 6.43 Å². The summed E-state index contributed by atoms with van der Waals surface area (Å²) < 4.78 is 24.2. The van der Waals surface area contributed by atoms with Crippen molar-refractivity contribution in [2.45, 2.75) is 51.5 Å². The Bertz CT molecular complexity index is 190.